The van der Waals surface area contributed by atoms with Gasteiger partial charge in [0.15, 0.2) is 0 Å². The van der Waals surface area contributed by atoms with E-state index in [0.717, 1.165) is 0 Å². The Kier molecular flexibility index (Phi) is 7.39. The van der Waals surface area contributed by atoms with Gasteiger partial charge in [0, 0.05) is 13.7 Å². The molecule has 0 rings (SSSR count). The molecular weight excluding hydrogens is 218 g/mol. The van der Waals surface area contributed by atoms with E-state index in [9.17, 15) is 9.90 Å². The van der Waals surface area contributed by atoms with E-state index >= 15 is 0 Å². The molecule has 0 saturated carbocycles. The highest BCUT2D eigenvalue weighted by Crippen LogP contribution is 2.25. The lowest BCUT2D eigenvalue weighted by molar-refractivity contribution is -0.146. The van der Waals surface area contributed by atoms with Crippen LogP contribution in [0.4, 0.5) is 0 Å². The minimum absolute atomic E-state index is 0.347. The number of carboxylic acid groups (broad SMARTS) is 1. The van der Waals surface area contributed by atoms with Crippen LogP contribution in [0.15, 0.2) is 0 Å². The number of hydrogen-bond acceptors (Lipinski definition) is 3. The molecule has 0 aliphatic rings. The molecule has 4 nitrogen and oxygen atoms in total. The lowest BCUT2D eigenvalue weighted by Gasteiger charge is -2.34. The molecule has 0 saturated heterocycles. The minimum Gasteiger partial charge on any atom is -0.480 e. The number of hydrogen-bond donors (Lipinski definition) is 2. The Morgan fingerprint density at radius 2 is 1.71 bits per heavy atom. The lowest BCUT2D eigenvalue weighted by Crippen LogP contribution is -2.54. The van der Waals surface area contributed by atoms with Crippen molar-refractivity contribution in [2.24, 2.45) is 11.8 Å². The van der Waals surface area contributed by atoms with E-state index in [4.69, 9.17) is 4.74 Å². The molecule has 0 aromatic heterocycles. The Morgan fingerprint density at radius 3 is 2.00 bits per heavy atom. The van der Waals surface area contributed by atoms with Crippen molar-refractivity contribution in [3.8, 4) is 0 Å². The number of nitrogens with one attached hydrogen (secondary N) is 1. The van der Waals surface area contributed by atoms with E-state index in [1.54, 1.807) is 7.11 Å². The molecule has 0 fully saturated rings. The van der Waals surface area contributed by atoms with Crippen molar-refractivity contribution in [2.45, 2.75) is 46.1 Å². The Morgan fingerprint density at radius 1 is 1.24 bits per heavy atom. The van der Waals surface area contributed by atoms with E-state index < -0.39 is 11.5 Å². The molecule has 0 unspecified atom stereocenters. The monoisotopic (exact) mass is 245 g/mol. The fourth-order valence-corrected chi connectivity index (χ4v) is 2.26. The van der Waals surface area contributed by atoms with E-state index in [1.807, 2.05) is 0 Å². The molecule has 0 amide bonds. The van der Waals surface area contributed by atoms with Crippen molar-refractivity contribution < 1.29 is 14.6 Å². The predicted octanol–water partition coefficient (Wildman–Crippen LogP) is 2.14. The predicted molar refractivity (Wildman–Crippen MR) is 69.2 cm³/mol. The Bertz CT molecular complexity index is 217. The summed E-state index contributed by atoms with van der Waals surface area (Å²) in [5.74, 6) is -0.0595. The molecule has 2 N–H and O–H groups in total. The Balaban J connectivity index is 4.75. The standard InChI is InChI=1S/C13H27NO3/c1-10(2)8-13(12(15)16,9-11(3)4)14-6-7-17-5/h10-11,14H,6-9H2,1-5H3,(H,15,16). The first-order valence-electron chi connectivity index (χ1n) is 6.31. The van der Waals surface area contributed by atoms with Crippen LogP contribution in [0.1, 0.15) is 40.5 Å². The maximum absolute atomic E-state index is 11.6. The summed E-state index contributed by atoms with van der Waals surface area (Å²) in [6.45, 7) is 9.31. The third kappa shape index (κ3) is 6.03. The molecule has 0 bridgehead atoms. The number of ether oxygens (including phenoxy) is 1. The number of methoxy groups -OCH3 is 1. The summed E-state index contributed by atoms with van der Waals surface area (Å²) >= 11 is 0. The van der Waals surface area contributed by atoms with Gasteiger partial charge in [-0.1, -0.05) is 27.7 Å². The quantitative estimate of drug-likeness (QED) is 0.611. The summed E-state index contributed by atoms with van der Waals surface area (Å²) in [7, 11) is 1.62. The fraction of sp³-hybridized carbons (Fsp3) is 0.923. The lowest BCUT2D eigenvalue weighted by atomic mass is 9.82. The van der Waals surface area contributed by atoms with Crippen LogP contribution in [0.5, 0.6) is 0 Å². The molecule has 0 radical (unpaired) electrons. The van der Waals surface area contributed by atoms with Gasteiger partial charge in [0.1, 0.15) is 5.54 Å². The zero-order valence-corrected chi connectivity index (χ0v) is 11.7. The summed E-state index contributed by atoms with van der Waals surface area (Å²) in [5, 5.41) is 12.7. The van der Waals surface area contributed by atoms with Crippen LogP contribution < -0.4 is 5.32 Å². The van der Waals surface area contributed by atoms with Crippen LogP contribution >= 0.6 is 0 Å². The van der Waals surface area contributed by atoms with Gasteiger partial charge in [-0.25, -0.2) is 0 Å². The molecule has 0 aromatic rings. The number of carbonyl (C=O) groups is 1. The van der Waals surface area contributed by atoms with Crippen molar-refractivity contribution in [3.05, 3.63) is 0 Å². The van der Waals surface area contributed by atoms with Crippen LogP contribution in [-0.2, 0) is 9.53 Å². The van der Waals surface area contributed by atoms with Crippen molar-refractivity contribution in [3.63, 3.8) is 0 Å². The topological polar surface area (TPSA) is 58.6 Å². The summed E-state index contributed by atoms with van der Waals surface area (Å²) in [6, 6.07) is 0. The van der Waals surface area contributed by atoms with Gasteiger partial charge in [-0.15, -0.1) is 0 Å². The number of carboxylic acids is 1. The van der Waals surface area contributed by atoms with Gasteiger partial charge in [0.25, 0.3) is 0 Å². The molecule has 4 heteroatoms. The average Bonchev–Trinajstić information content (AvgIpc) is 2.15. The molecule has 0 spiro atoms. The molecule has 0 aliphatic heterocycles. The first-order valence-corrected chi connectivity index (χ1v) is 6.31. The van der Waals surface area contributed by atoms with Crippen LogP contribution in [0, 0.1) is 11.8 Å². The molecule has 0 atom stereocenters. The van der Waals surface area contributed by atoms with Crippen LogP contribution in [0.25, 0.3) is 0 Å². The summed E-state index contributed by atoms with van der Waals surface area (Å²) in [6.07, 6.45) is 1.29. The summed E-state index contributed by atoms with van der Waals surface area (Å²) < 4.78 is 4.97. The van der Waals surface area contributed by atoms with Gasteiger partial charge in [0.2, 0.25) is 0 Å². The van der Waals surface area contributed by atoms with Gasteiger partial charge in [-0.3, -0.25) is 10.1 Å². The Hall–Kier alpha value is -0.610. The normalized spacial score (nSPS) is 12.4. The highest BCUT2D eigenvalue weighted by Gasteiger charge is 2.38. The van der Waals surface area contributed by atoms with Crippen LogP contribution in [0.3, 0.4) is 0 Å². The Labute approximate surface area is 105 Å². The molecule has 0 aliphatic carbocycles. The van der Waals surface area contributed by atoms with Crippen LogP contribution in [0.2, 0.25) is 0 Å². The maximum Gasteiger partial charge on any atom is 0.323 e. The molecule has 0 heterocycles. The van der Waals surface area contributed by atoms with E-state index in [-0.39, 0.29) is 0 Å². The third-order valence-corrected chi connectivity index (χ3v) is 2.69. The minimum atomic E-state index is -0.819. The maximum atomic E-state index is 11.6. The van der Waals surface area contributed by atoms with E-state index in [0.29, 0.717) is 37.8 Å². The van der Waals surface area contributed by atoms with Crippen molar-refractivity contribution in [1.29, 1.82) is 0 Å². The smallest absolute Gasteiger partial charge is 0.323 e. The zero-order valence-electron chi connectivity index (χ0n) is 11.7. The van der Waals surface area contributed by atoms with Gasteiger partial charge < -0.3 is 9.84 Å². The first kappa shape index (κ1) is 16.4. The van der Waals surface area contributed by atoms with Crippen LogP contribution in [-0.4, -0.2) is 36.9 Å². The highest BCUT2D eigenvalue weighted by atomic mass is 16.5. The van der Waals surface area contributed by atoms with Crippen molar-refractivity contribution in [2.75, 3.05) is 20.3 Å². The summed E-state index contributed by atoms with van der Waals surface area (Å²) in [4.78, 5) is 11.6. The second-order valence-corrected chi connectivity index (χ2v) is 5.50. The van der Waals surface area contributed by atoms with Gasteiger partial charge in [0.05, 0.1) is 6.61 Å². The highest BCUT2D eigenvalue weighted by molar-refractivity contribution is 5.78. The van der Waals surface area contributed by atoms with Crippen molar-refractivity contribution in [1.82, 2.24) is 5.32 Å². The molecular formula is C13H27NO3. The largest absolute Gasteiger partial charge is 0.480 e. The van der Waals surface area contributed by atoms with Gasteiger partial charge in [-0.05, 0) is 24.7 Å². The van der Waals surface area contributed by atoms with E-state index in [1.165, 1.54) is 0 Å². The summed E-state index contributed by atoms with van der Waals surface area (Å²) in [5.41, 5.74) is -0.819. The molecule has 17 heavy (non-hydrogen) atoms. The SMILES string of the molecule is COCCNC(CC(C)C)(CC(C)C)C(=O)O. The number of aliphatic carboxylic acids is 1. The first-order chi connectivity index (χ1) is 7.84. The average molecular weight is 245 g/mol. The van der Waals surface area contributed by atoms with Crippen molar-refractivity contribution >= 4 is 5.97 Å². The van der Waals surface area contributed by atoms with Gasteiger partial charge in [-0.2, -0.15) is 0 Å². The van der Waals surface area contributed by atoms with Gasteiger partial charge >= 0.3 is 5.97 Å². The second-order valence-electron chi connectivity index (χ2n) is 5.50. The van der Waals surface area contributed by atoms with E-state index in [2.05, 4.69) is 33.0 Å². The zero-order chi connectivity index (χ0) is 13.5. The number of rotatable bonds is 9. The molecule has 102 valence electrons. The third-order valence-electron chi connectivity index (χ3n) is 2.69. The second kappa shape index (κ2) is 7.67. The fourth-order valence-electron chi connectivity index (χ4n) is 2.26. The molecule has 0 aromatic carbocycles.